The van der Waals surface area contributed by atoms with Gasteiger partial charge < -0.3 is 15.4 Å². The van der Waals surface area contributed by atoms with Gasteiger partial charge in [0.2, 0.25) is 5.91 Å². The quantitative estimate of drug-likeness (QED) is 0.286. The lowest BCUT2D eigenvalue weighted by Gasteiger charge is -2.08. The number of nitro benzene ring substituents is 1. The first-order valence-electron chi connectivity index (χ1n) is 8.10. The Morgan fingerprint density at radius 2 is 1.81 bits per heavy atom. The summed E-state index contributed by atoms with van der Waals surface area (Å²) in [6.07, 6.45) is 0.439. The monoisotopic (exact) mass is 375 g/mol. The molecule has 0 aliphatic heterocycles. The molecule has 138 valence electrons. The van der Waals surface area contributed by atoms with Gasteiger partial charge in [-0.05, 0) is 36.4 Å². The molecule has 0 radical (unpaired) electrons. The summed E-state index contributed by atoms with van der Waals surface area (Å²) in [6.45, 7) is 1.04. The van der Waals surface area contributed by atoms with Gasteiger partial charge in [-0.15, -0.1) is 11.8 Å². The highest BCUT2D eigenvalue weighted by Crippen LogP contribution is 2.21. The van der Waals surface area contributed by atoms with Crippen LogP contribution in [0.3, 0.4) is 0 Å². The minimum Gasteiger partial charge on any atom is -0.497 e. The zero-order valence-electron chi connectivity index (χ0n) is 14.4. The molecule has 7 nitrogen and oxygen atoms in total. The lowest BCUT2D eigenvalue weighted by Crippen LogP contribution is -2.28. The van der Waals surface area contributed by atoms with Gasteiger partial charge in [0, 0.05) is 48.0 Å². The Hall–Kier alpha value is -2.74. The number of carbonyl (C=O) groups excluding carboxylic acids is 1. The van der Waals surface area contributed by atoms with Crippen LogP contribution in [0.15, 0.2) is 53.4 Å². The molecule has 2 aromatic carbocycles. The zero-order chi connectivity index (χ0) is 18.8. The number of ether oxygens (including phenoxy) is 1. The Morgan fingerprint density at radius 3 is 2.42 bits per heavy atom. The maximum atomic E-state index is 11.8. The Kier molecular flexibility index (Phi) is 7.75. The van der Waals surface area contributed by atoms with Crippen molar-refractivity contribution in [3.63, 3.8) is 0 Å². The number of benzene rings is 2. The molecule has 0 aliphatic carbocycles. The van der Waals surface area contributed by atoms with Crippen molar-refractivity contribution in [1.82, 2.24) is 5.32 Å². The molecule has 0 saturated heterocycles. The number of hydrogen-bond donors (Lipinski definition) is 2. The van der Waals surface area contributed by atoms with Gasteiger partial charge in [0.1, 0.15) is 5.75 Å². The lowest BCUT2D eigenvalue weighted by molar-refractivity contribution is -0.384. The maximum Gasteiger partial charge on any atom is 0.269 e. The van der Waals surface area contributed by atoms with Crippen molar-refractivity contribution in [3.8, 4) is 5.75 Å². The molecule has 1 amide bonds. The summed E-state index contributed by atoms with van der Waals surface area (Å²) in [5, 5.41) is 16.5. The molecular weight excluding hydrogens is 354 g/mol. The van der Waals surface area contributed by atoms with Crippen LogP contribution >= 0.6 is 11.8 Å². The van der Waals surface area contributed by atoms with Crippen LogP contribution in [0.2, 0.25) is 0 Å². The molecule has 0 saturated carbocycles. The molecular formula is C18H21N3O4S. The number of hydrogen-bond acceptors (Lipinski definition) is 6. The highest BCUT2D eigenvalue weighted by Gasteiger charge is 2.04. The first kappa shape index (κ1) is 19.6. The number of amides is 1. The molecule has 0 fully saturated rings. The summed E-state index contributed by atoms with van der Waals surface area (Å²) in [4.78, 5) is 23.1. The van der Waals surface area contributed by atoms with E-state index in [9.17, 15) is 14.9 Å². The Labute approximate surface area is 156 Å². The van der Waals surface area contributed by atoms with Gasteiger partial charge in [-0.3, -0.25) is 14.9 Å². The van der Waals surface area contributed by atoms with Gasteiger partial charge >= 0.3 is 0 Å². The molecule has 2 N–H and O–H groups in total. The number of thioether (sulfide) groups is 1. The predicted molar refractivity (Wildman–Crippen MR) is 103 cm³/mol. The van der Waals surface area contributed by atoms with Crippen LogP contribution in [-0.2, 0) is 4.79 Å². The zero-order valence-corrected chi connectivity index (χ0v) is 15.3. The van der Waals surface area contributed by atoms with Crippen molar-refractivity contribution in [2.45, 2.75) is 11.3 Å². The summed E-state index contributed by atoms with van der Waals surface area (Å²) in [6, 6.07) is 13.9. The molecule has 0 bridgehead atoms. The minimum atomic E-state index is -0.437. The standard InChI is InChI=1S/C18H21N3O4S/c1-25-16-6-8-17(9-7-16)26-13-10-18(22)20-12-11-19-14-2-4-15(5-3-14)21(23)24/h2-9,19H,10-13H2,1H3,(H,20,22). The highest BCUT2D eigenvalue weighted by molar-refractivity contribution is 7.99. The lowest BCUT2D eigenvalue weighted by atomic mass is 10.3. The van der Waals surface area contributed by atoms with Gasteiger partial charge in [-0.1, -0.05) is 0 Å². The van der Waals surface area contributed by atoms with Crippen LogP contribution in [0, 0.1) is 10.1 Å². The van der Waals surface area contributed by atoms with E-state index in [0.717, 1.165) is 16.3 Å². The average Bonchev–Trinajstić information content (AvgIpc) is 2.66. The Morgan fingerprint density at radius 1 is 1.12 bits per heavy atom. The summed E-state index contributed by atoms with van der Waals surface area (Å²) in [5.41, 5.74) is 0.832. The van der Waals surface area contributed by atoms with Gasteiger partial charge in [-0.2, -0.15) is 0 Å². The Balaban J connectivity index is 1.59. The fourth-order valence-corrected chi connectivity index (χ4v) is 2.98. The Bertz CT molecular complexity index is 720. The smallest absolute Gasteiger partial charge is 0.269 e. The third kappa shape index (κ3) is 6.64. The van der Waals surface area contributed by atoms with Gasteiger partial charge in [-0.25, -0.2) is 0 Å². The van der Waals surface area contributed by atoms with Crippen LogP contribution in [-0.4, -0.2) is 36.8 Å². The normalized spacial score (nSPS) is 10.2. The number of nitrogens with zero attached hydrogens (tertiary/aromatic N) is 1. The fraction of sp³-hybridized carbons (Fsp3) is 0.278. The van der Waals surface area contributed by atoms with E-state index in [1.807, 2.05) is 24.3 Å². The summed E-state index contributed by atoms with van der Waals surface area (Å²) < 4.78 is 5.11. The van der Waals surface area contributed by atoms with Gasteiger partial charge in [0.05, 0.1) is 12.0 Å². The van der Waals surface area contributed by atoms with Crippen molar-refractivity contribution >= 4 is 29.0 Å². The van der Waals surface area contributed by atoms with Crippen molar-refractivity contribution in [2.24, 2.45) is 0 Å². The number of anilines is 1. The molecule has 0 heterocycles. The van der Waals surface area contributed by atoms with Crippen molar-refractivity contribution < 1.29 is 14.5 Å². The number of methoxy groups -OCH3 is 1. The fourth-order valence-electron chi connectivity index (χ4n) is 2.13. The molecule has 0 unspecified atom stereocenters. The van der Waals surface area contributed by atoms with E-state index < -0.39 is 4.92 Å². The van der Waals surface area contributed by atoms with Crippen LogP contribution < -0.4 is 15.4 Å². The first-order valence-corrected chi connectivity index (χ1v) is 9.09. The molecule has 0 atom stereocenters. The van der Waals surface area contributed by atoms with Gasteiger partial charge in [0.15, 0.2) is 0 Å². The van der Waals surface area contributed by atoms with Crippen LogP contribution in [0.4, 0.5) is 11.4 Å². The SMILES string of the molecule is COc1ccc(SCCC(=O)NCCNc2ccc([N+](=O)[O-])cc2)cc1. The maximum absolute atomic E-state index is 11.8. The molecule has 8 heteroatoms. The van der Waals surface area contributed by atoms with Crippen molar-refractivity contribution in [2.75, 3.05) is 31.3 Å². The molecule has 26 heavy (non-hydrogen) atoms. The number of carbonyl (C=O) groups is 1. The third-order valence-corrected chi connectivity index (χ3v) is 4.53. The van der Waals surface area contributed by atoms with Crippen LogP contribution in [0.5, 0.6) is 5.75 Å². The van der Waals surface area contributed by atoms with E-state index in [-0.39, 0.29) is 11.6 Å². The summed E-state index contributed by atoms with van der Waals surface area (Å²) in [7, 11) is 1.63. The highest BCUT2D eigenvalue weighted by atomic mass is 32.2. The van der Waals surface area contributed by atoms with Gasteiger partial charge in [0.25, 0.3) is 5.69 Å². The second kappa shape index (κ2) is 10.3. The van der Waals surface area contributed by atoms with Crippen molar-refractivity contribution in [3.05, 3.63) is 58.6 Å². The number of nitrogens with one attached hydrogen (secondary N) is 2. The van der Waals surface area contributed by atoms with Crippen LogP contribution in [0.1, 0.15) is 6.42 Å². The van der Waals surface area contributed by atoms with E-state index in [4.69, 9.17) is 4.74 Å². The number of rotatable bonds is 10. The van der Waals surface area contributed by atoms with E-state index in [2.05, 4.69) is 10.6 Å². The predicted octanol–water partition coefficient (Wildman–Crippen LogP) is 3.31. The van der Waals surface area contributed by atoms with E-state index in [0.29, 0.717) is 25.3 Å². The second-order valence-corrected chi connectivity index (χ2v) is 6.52. The largest absolute Gasteiger partial charge is 0.497 e. The van der Waals surface area contributed by atoms with E-state index >= 15 is 0 Å². The van der Waals surface area contributed by atoms with E-state index in [1.54, 1.807) is 31.0 Å². The average molecular weight is 375 g/mol. The first-order chi connectivity index (χ1) is 12.6. The van der Waals surface area contributed by atoms with E-state index in [1.165, 1.54) is 12.1 Å². The summed E-state index contributed by atoms with van der Waals surface area (Å²) in [5.74, 6) is 1.51. The third-order valence-electron chi connectivity index (χ3n) is 3.51. The topological polar surface area (TPSA) is 93.5 Å². The molecule has 2 rings (SSSR count). The molecule has 0 aromatic heterocycles. The molecule has 2 aromatic rings. The van der Waals surface area contributed by atoms with Crippen molar-refractivity contribution in [1.29, 1.82) is 0 Å². The minimum absolute atomic E-state index is 0.00323. The number of non-ortho nitro benzene ring substituents is 1. The summed E-state index contributed by atoms with van der Waals surface area (Å²) >= 11 is 1.62. The molecule has 0 spiro atoms. The molecule has 0 aliphatic rings. The second-order valence-electron chi connectivity index (χ2n) is 5.35. The van der Waals surface area contributed by atoms with Crippen LogP contribution in [0.25, 0.3) is 0 Å². The number of nitro groups is 1.